The van der Waals surface area contributed by atoms with Gasteiger partial charge >= 0.3 is 0 Å². The third kappa shape index (κ3) is 3.89. The molecule has 7 nitrogen and oxygen atoms in total. The number of nitrogens with zero attached hydrogens (tertiary/aromatic N) is 1. The summed E-state index contributed by atoms with van der Waals surface area (Å²) in [5.41, 5.74) is 2.28. The molecule has 0 saturated carbocycles. The van der Waals surface area contributed by atoms with Crippen LogP contribution in [0.25, 0.3) is 11.3 Å². The summed E-state index contributed by atoms with van der Waals surface area (Å²) in [4.78, 5) is 23.6. The second kappa shape index (κ2) is 7.52. The predicted octanol–water partition coefficient (Wildman–Crippen LogP) is 3.56. The van der Waals surface area contributed by atoms with Crippen molar-refractivity contribution in [3.05, 3.63) is 60.3 Å². The topological polar surface area (TPSA) is 93.5 Å². The van der Waals surface area contributed by atoms with Gasteiger partial charge in [0.1, 0.15) is 11.3 Å². The molecule has 0 fully saturated rings. The molecule has 2 aromatic carbocycles. The molecule has 0 aliphatic heterocycles. The van der Waals surface area contributed by atoms with Crippen LogP contribution in [0.2, 0.25) is 0 Å². The Labute approximate surface area is 150 Å². The van der Waals surface area contributed by atoms with Crippen molar-refractivity contribution in [2.45, 2.75) is 6.92 Å². The number of amides is 2. The van der Waals surface area contributed by atoms with Crippen LogP contribution < -0.4 is 15.4 Å². The molecule has 0 unspecified atom stereocenters. The Morgan fingerprint density at radius 1 is 0.962 bits per heavy atom. The molecule has 2 N–H and O–H groups in total. The van der Waals surface area contributed by atoms with E-state index in [4.69, 9.17) is 9.26 Å². The maximum Gasteiger partial charge on any atom is 0.261 e. The number of anilines is 2. The average Bonchev–Trinajstić information content (AvgIpc) is 3.13. The highest BCUT2D eigenvalue weighted by molar-refractivity contribution is 6.07. The van der Waals surface area contributed by atoms with Gasteiger partial charge in [-0.3, -0.25) is 9.59 Å². The number of benzene rings is 2. The van der Waals surface area contributed by atoms with Gasteiger partial charge in [-0.1, -0.05) is 5.16 Å². The SMILES string of the molecule is COc1ccc(-c2oncc2C(=O)Nc2ccc(NC(C)=O)cc2)cc1. The van der Waals surface area contributed by atoms with E-state index in [1.54, 1.807) is 55.6 Å². The maximum atomic E-state index is 12.5. The number of aromatic nitrogens is 1. The van der Waals surface area contributed by atoms with Gasteiger partial charge in [0.05, 0.1) is 13.3 Å². The minimum atomic E-state index is -0.343. The van der Waals surface area contributed by atoms with E-state index in [-0.39, 0.29) is 11.8 Å². The molecule has 132 valence electrons. The quantitative estimate of drug-likeness (QED) is 0.733. The lowest BCUT2D eigenvalue weighted by Gasteiger charge is -2.07. The smallest absolute Gasteiger partial charge is 0.261 e. The summed E-state index contributed by atoms with van der Waals surface area (Å²) in [7, 11) is 1.58. The summed E-state index contributed by atoms with van der Waals surface area (Å²) in [6.45, 7) is 1.43. The van der Waals surface area contributed by atoms with Crippen molar-refractivity contribution < 1.29 is 18.8 Å². The third-order valence-electron chi connectivity index (χ3n) is 3.63. The highest BCUT2D eigenvalue weighted by atomic mass is 16.5. The first-order valence-corrected chi connectivity index (χ1v) is 7.85. The molecule has 0 radical (unpaired) electrons. The number of methoxy groups -OCH3 is 1. The van der Waals surface area contributed by atoms with Crippen LogP contribution in [0.3, 0.4) is 0 Å². The lowest BCUT2D eigenvalue weighted by atomic mass is 10.1. The zero-order valence-corrected chi connectivity index (χ0v) is 14.3. The number of carbonyl (C=O) groups excluding carboxylic acids is 2. The van der Waals surface area contributed by atoms with Gasteiger partial charge in [-0.15, -0.1) is 0 Å². The molecule has 0 bridgehead atoms. The largest absolute Gasteiger partial charge is 0.497 e. The van der Waals surface area contributed by atoms with Gasteiger partial charge in [0.25, 0.3) is 5.91 Å². The first kappa shape index (κ1) is 17.2. The Hall–Kier alpha value is -3.61. The fraction of sp³-hybridized carbons (Fsp3) is 0.105. The van der Waals surface area contributed by atoms with E-state index in [0.717, 1.165) is 5.56 Å². The second-order valence-corrected chi connectivity index (χ2v) is 5.51. The number of ether oxygens (including phenoxy) is 1. The van der Waals surface area contributed by atoms with Crippen molar-refractivity contribution in [3.8, 4) is 17.1 Å². The first-order valence-electron chi connectivity index (χ1n) is 7.85. The van der Waals surface area contributed by atoms with Crippen LogP contribution in [0.15, 0.2) is 59.3 Å². The van der Waals surface area contributed by atoms with Gasteiger partial charge in [0, 0.05) is 23.9 Å². The highest BCUT2D eigenvalue weighted by Crippen LogP contribution is 2.26. The van der Waals surface area contributed by atoms with Crippen molar-refractivity contribution >= 4 is 23.2 Å². The van der Waals surface area contributed by atoms with E-state index in [1.165, 1.54) is 13.1 Å². The van der Waals surface area contributed by atoms with E-state index in [9.17, 15) is 9.59 Å². The Morgan fingerprint density at radius 2 is 1.58 bits per heavy atom. The highest BCUT2D eigenvalue weighted by Gasteiger charge is 2.18. The summed E-state index contributed by atoms with van der Waals surface area (Å²) in [6, 6.07) is 13.9. The molecule has 3 aromatic rings. The van der Waals surface area contributed by atoms with Crippen molar-refractivity contribution in [1.82, 2.24) is 5.16 Å². The van der Waals surface area contributed by atoms with Crippen molar-refractivity contribution in [2.24, 2.45) is 0 Å². The molecule has 0 aliphatic rings. The molecule has 0 atom stereocenters. The fourth-order valence-electron chi connectivity index (χ4n) is 2.39. The molecule has 0 spiro atoms. The van der Waals surface area contributed by atoms with Crippen LogP contribution >= 0.6 is 0 Å². The molecule has 3 rings (SSSR count). The lowest BCUT2D eigenvalue weighted by Crippen LogP contribution is -2.12. The van der Waals surface area contributed by atoms with Crippen LogP contribution in [0, 0.1) is 0 Å². The van der Waals surface area contributed by atoms with Crippen molar-refractivity contribution in [1.29, 1.82) is 0 Å². The van der Waals surface area contributed by atoms with Crippen LogP contribution in [0.5, 0.6) is 5.75 Å². The fourth-order valence-corrected chi connectivity index (χ4v) is 2.39. The van der Waals surface area contributed by atoms with Gasteiger partial charge in [0.2, 0.25) is 5.91 Å². The average molecular weight is 351 g/mol. The Kier molecular flexibility index (Phi) is 4.98. The van der Waals surface area contributed by atoms with Gasteiger partial charge in [-0.2, -0.15) is 0 Å². The lowest BCUT2D eigenvalue weighted by molar-refractivity contribution is -0.114. The summed E-state index contributed by atoms with van der Waals surface area (Å²) >= 11 is 0. The summed E-state index contributed by atoms with van der Waals surface area (Å²) in [6.07, 6.45) is 1.38. The molecule has 0 aliphatic carbocycles. The molecule has 0 saturated heterocycles. The first-order chi connectivity index (χ1) is 12.6. The maximum absolute atomic E-state index is 12.5. The van der Waals surface area contributed by atoms with E-state index in [0.29, 0.717) is 28.4 Å². The van der Waals surface area contributed by atoms with E-state index < -0.39 is 0 Å². The van der Waals surface area contributed by atoms with E-state index >= 15 is 0 Å². The molecule has 26 heavy (non-hydrogen) atoms. The Bertz CT molecular complexity index is 915. The molecule has 7 heteroatoms. The van der Waals surface area contributed by atoms with Crippen LogP contribution in [0.1, 0.15) is 17.3 Å². The number of hydrogen-bond acceptors (Lipinski definition) is 5. The Morgan fingerprint density at radius 3 is 2.15 bits per heavy atom. The van der Waals surface area contributed by atoms with Gasteiger partial charge in [-0.05, 0) is 48.5 Å². The zero-order chi connectivity index (χ0) is 18.5. The molecular formula is C19H17N3O4. The van der Waals surface area contributed by atoms with Gasteiger partial charge in [-0.25, -0.2) is 0 Å². The normalized spacial score (nSPS) is 10.2. The Balaban J connectivity index is 1.76. The number of rotatable bonds is 5. The molecular weight excluding hydrogens is 334 g/mol. The van der Waals surface area contributed by atoms with Crippen LogP contribution in [-0.4, -0.2) is 24.1 Å². The predicted molar refractivity (Wildman–Crippen MR) is 97.2 cm³/mol. The zero-order valence-electron chi connectivity index (χ0n) is 14.3. The number of nitrogens with one attached hydrogen (secondary N) is 2. The molecule has 1 aromatic heterocycles. The molecule has 2 amide bonds. The number of hydrogen-bond donors (Lipinski definition) is 2. The third-order valence-corrected chi connectivity index (χ3v) is 3.63. The van der Waals surface area contributed by atoms with Crippen molar-refractivity contribution in [3.63, 3.8) is 0 Å². The monoisotopic (exact) mass is 351 g/mol. The summed E-state index contributed by atoms with van der Waals surface area (Å²) < 4.78 is 10.4. The summed E-state index contributed by atoms with van der Waals surface area (Å²) in [5, 5.41) is 9.18. The molecule has 1 heterocycles. The van der Waals surface area contributed by atoms with Crippen molar-refractivity contribution in [2.75, 3.05) is 17.7 Å². The van der Waals surface area contributed by atoms with Gasteiger partial charge < -0.3 is 19.9 Å². The standard InChI is InChI=1S/C19H17N3O4/c1-12(23)21-14-5-7-15(8-6-14)22-19(24)17-11-20-26-18(17)13-3-9-16(25-2)10-4-13/h3-11H,1-2H3,(H,21,23)(H,22,24). The van der Waals surface area contributed by atoms with Crippen LogP contribution in [0.4, 0.5) is 11.4 Å². The minimum Gasteiger partial charge on any atom is -0.497 e. The van der Waals surface area contributed by atoms with Gasteiger partial charge in [0.15, 0.2) is 5.76 Å². The van der Waals surface area contributed by atoms with Crippen LogP contribution in [-0.2, 0) is 4.79 Å². The van der Waals surface area contributed by atoms with E-state index in [2.05, 4.69) is 15.8 Å². The minimum absolute atomic E-state index is 0.157. The summed E-state index contributed by atoms with van der Waals surface area (Å²) in [5.74, 6) is 0.582. The number of carbonyl (C=O) groups is 2. The second-order valence-electron chi connectivity index (χ2n) is 5.51. The van der Waals surface area contributed by atoms with E-state index in [1.807, 2.05) is 0 Å².